The van der Waals surface area contributed by atoms with Crippen LogP contribution in [-0.2, 0) is 6.54 Å². The lowest BCUT2D eigenvalue weighted by molar-refractivity contribution is 0.551. The Morgan fingerprint density at radius 1 is 1.26 bits per heavy atom. The molecule has 102 valence electrons. The molecule has 2 rings (SSSR count). The molecule has 2 aromatic rings. The lowest BCUT2D eigenvalue weighted by atomic mass is 10.1. The Kier molecular flexibility index (Phi) is 4.38. The van der Waals surface area contributed by atoms with Gasteiger partial charge in [0.2, 0.25) is 0 Å². The highest BCUT2D eigenvalue weighted by Crippen LogP contribution is 2.14. The molecule has 1 aromatic heterocycles. The number of aromatic nitrogens is 2. The Balaban J connectivity index is 2.09. The summed E-state index contributed by atoms with van der Waals surface area (Å²) in [5.74, 6) is 0.687. The Hall–Kier alpha value is -1.61. The molecule has 0 saturated carbocycles. The summed E-state index contributed by atoms with van der Waals surface area (Å²) in [5.41, 5.74) is 4.97. The predicted molar refractivity (Wildman–Crippen MR) is 79.6 cm³/mol. The molecule has 1 N–H and O–H groups in total. The first-order chi connectivity index (χ1) is 9.06. The van der Waals surface area contributed by atoms with Gasteiger partial charge in [-0.25, -0.2) is 4.68 Å². The maximum atomic E-state index is 4.34. The number of rotatable bonds is 5. The van der Waals surface area contributed by atoms with Crippen molar-refractivity contribution in [3.05, 3.63) is 47.3 Å². The van der Waals surface area contributed by atoms with Crippen molar-refractivity contribution in [2.75, 3.05) is 6.54 Å². The third kappa shape index (κ3) is 3.67. The van der Waals surface area contributed by atoms with Crippen molar-refractivity contribution in [3.63, 3.8) is 0 Å². The molecule has 19 heavy (non-hydrogen) atoms. The van der Waals surface area contributed by atoms with Crippen LogP contribution in [-0.4, -0.2) is 16.3 Å². The predicted octanol–water partition coefficient (Wildman–Crippen LogP) is 3.23. The lowest BCUT2D eigenvalue weighted by Gasteiger charge is -2.11. The molecule has 0 aliphatic rings. The van der Waals surface area contributed by atoms with E-state index in [9.17, 15) is 0 Å². The number of hydrogen-bond donors (Lipinski definition) is 1. The van der Waals surface area contributed by atoms with Gasteiger partial charge in [0, 0.05) is 12.7 Å². The van der Waals surface area contributed by atoms with Crippen molar-refractivity contribution in [3.8, 4) is 5.69 Å². The van der Waals surface area contributed by atoms with Crippen LogP contribution in [0, 0.1) is 19.8 Å². The average molecular weight is 257 g/mol. The summed E-state index contributed by atoms with van der Waals surface area (Å²) >= 11 is 0. The molecular weight excluding hydrogens is 234 g/mol. The second-order valence-corrected chi connectivity index (χ2v) is 5.60. The molecule has 0 spiro atoms. The van der Waals surface area contributed by atoms with Crippen molar-refractivity contribution >= 4 is 0 Å². The van der Waals surface area contributed by atoms with Gasteiger partial charge in [0.05, 0.1) is 11.9 Å². The maximum absolute atomic E-state index is 4.34. The fourth-order valence-corrected chi connectivity index (χ4v) is 2.07. The van der Waals surface area contributed by atoms with Gasteiger partial charge in [-0.05, 0) is 55.1 Å². The molecule has 0 unspecified atom stereocenters. The van der Waals surface area contributed by atoms with Crippen LogP contribution in [0.2, 0.25) is 0 Å². The molecule has 3 nitrogen and oxygen atoms in total. The average Bonchev–Trinajstić information content (AvgIpc) is 2.77. The van der Waals surface area contributed by atoms with Crippen LogP contribution in [0.25, 0.3) is 5.69 Å². The van der Waals surface area contributed by atoms with Crippen molar-refractivity contribution in [2.45, 2.75) is 34.2 Å². The van der Waals surface area contributed by atoms with Crippen LogP contribution in [0.3, 0.4) is 0 Å². The zero-order valence-electron chi connectivity index (χ0n) is 12.3. The van der Waals surface area contributed by atoms with E-state index in [0.717, 1.165) is 18.8 Å². The first-order valence-corrected chi connectivity index (χ1v) is 6.88. The van der Waals surface area contributed by atoms with E-state index in [1.54, 1.807) is 0 Å². The third-order valence-electron chi connectivity index (χ3n) is 3.17. The van der Waals surface area contributed by atoms with Crippen molar-refractivity contribution in [1.29, 1.82) is 0 Å². The minimum atomic E-state index is 0.687. The maximum Gasteiger partial charge on any atom is 0.0648 e. The molecule has 0 fully saturated rings. The van der Waals surface area contributed by atoms with E-state index >= 15 is 0 Å². The lowest BCUT2D eigenvalue weighted by Crippen LogP contribution is -2.19. The van der Waals surface area contributed by atoms with Crippen LogP contribution < -0.4 is 5.32 Å². The van der Waals surface area contributed by atoms with E-state index in [1.165, 1.54) is 16.7 Å². The summed E-state index contributed by atoms with van der Waals surface area (Å²) in [7, 11) is 0. The fraction of sp³-hybridized carbons (Fsp3) is 0.438. The summed E-state index contributed by atoms with van der Waals surface area (Å²) < 4.78 is 1.92. The van der Waals surface area contributed by atoms with Crippen LogP contribution >= 0.6 is 0 Å². The van der Waals surface area contributed by atoms with Gasteiger partial charge in [0.15, 0.2) is 0 Å². The van der Waals surface area contributed by atoms with E-state index in [2.05, 4.69) is 56.3 Å². The number of benzene rings is 1. The number of aryl methyl sites for hydroxylation is 2. The Morgan fingerprint density at radius 2 is 2.05 bits per heavy atom. The van der Waals surface area contributed by atoms with Gasteiger partial charge in [-0.1, -0.05) is 19.9 Å². The molecule has 0 saturated heterocycles. The van der Waals surface area contributed by atoms with Gasteiger partial charge in [0.25, 0.3) is 0 Å². The molecule has 0 radical (unpaired) electrons. The van der Waals surface area contributed by atoms with Gasteiger partial charge in [-0.15, -0.1) is 0 Å². The molecule has 3 heteroatoms. The largest absolute Gasteiger partial charge is 0.312 e. The highest BCUT2D eigenvalue weighted by Gasteiger charge is 2.03. The highest BCUT2D eigenvalue weighted by atomic mass is 15.3. The Bertz CT molecular complexity index is 541. The minimum Gasteiger partial charge on any atom is -0.312 e. The summed E-state index contributed by atoms with van der Waals surface area (Å²) in [6, 6.07) is 6.51. The highest BCUT2D eigenvalue weighted by molar-refractivity contribution is 5.39. The Labute approximate surface area is 115 Å². The third-order valence-corrected chi connectivity index (χ3v) is 3.17. The summed E-state index contributed by atoms with van der Waals surface area (Å²) in [6.07, 6.45) is 3.93. The fourth-order valence-electron chi connectivity index (χ4n) is 2.07. The molecule has 1 heterocycles. The topological polar surface area (TPSA) is 29.9 Å². The summed E-state index contributed by atoms with van der Waals surface area (Å²) in [4.78, 5) is 0. The number of hydrogen-bond acceptors (Lipinski definition) is 2. The second-order valence-electron chi connectivity index (χ2n) is 5.60. The van der Waals surface area contributed by atoms with Gasteiger partial charge < -0.3 is 5.32 Å². The van der Waals surface area contributed by atoms with Crippen LogP contribution in [0.1, 0.15) is 30.5 Å². The van der Waals surface area contributed by atoms with E-state index in [-0.39, 0.29) is 0 Å². The van der Waals surface area contributed by atoms with Gasteiger partial charge in [0.1, 0.15) is 0 Å². The monoisotopic (exact) mass is 257 g/mol. The minimum absolute atomic E-state index is 0.687. The van der Waals surface area contributed by atoms with Crippen LogP contribution in [0.4, 0.5) is 0 Å². The Morgan fingerprint density at radius 3 is 2.63 bits per heavy atom. The summed E-state index contributed by atoms with van der Waals surface area (Å²) in [6.45, 7) is 10.7. The van der Waals surface area contributed by atoms with Crippen LogP contribution in [0.5, 0.6) is 0 Å². The second kappa shape index (κ2) is 6.02. The van der Waals surface area contributed by atoms with E-state index < -0.39 is 0 Å². The zero-order valence-corrected chi connectivity index (χ0v) is 12.3. The zero-order chi connectivity index (χ0) is 13.8. The molecule has 0 aliphatic heterocycles. The molecule has 0 atom stereocenters. The molecule has 0 bridgehead atoms. The quantitative estimate of drug-likeness (QED) is 0.891. The van der Waals surface area contributed by atoms with Crippen molar-refractivity contribution < 1.29 is 0 Å². The van der Waals surface area contributed by atoms with E-state index in [0.29, 0.717) is 5.92 Å². The molecule has 0 amide bonds. The standard InChI is InChI=1S/C16H23N3/c1-12(2)8-17-10-15-5-6-16(7-14(15)4)19-11-13(3)9-18-19/h5-7,9,11-12,17H,8,10H2,1-4H3. The van der Waals surface area contributed by atoms with Crippen molar-refractivity contribution in [2.24, 2.45) is 5.92 Å². The number of nitrogens with one attached hydrogen (secondary N) is 1. The van der Waals surface area contributed by atoms with E-state index in [4.69, 9.17) is 0 Å². The number of nitrogens with zero attached hydrogens (tertiary/aromatic N) is 2. The van der Waals surface area contributed by atoms with Gasteiger partial charge in [-0.3, -0.25) is 0 Å². The smallest absolute Gasteiger partial charge is 0.0648 e. The SMILES string of the molecule is Cc1cnn(-c2ccc(CNCC(C)C)c(C)c2)c1. The van der Waals surface area contributed by atoms with Crippen molar-refractivity contribution in [1.82, 2.24) is 15.1 Å². The molecular formula is C16H23N3. The van der Waals surface area contributed by atoms with E-state index in [1.807, 2.05) is 17.1 Å². The first-order valence-electron chi connectivity index (χ1n) is 6.88. The molecule has 0 aliphatic carbocycles. The normalized spacial score (nSPS) is 11.2. The molecule has 1 aromatic carbocycles. The van der Waals surface area contributed by atoms with Gasteiger partial charge >= 0.3 is 0 Å². The van der Waals surface area contributed by atoms with Crippen LogP contribution in [0.15, 0.2) is 30.6 Å². The van der Waals surface area contributed by atoms with Gasteiger partial charge in [-0.2, -0.15) is 5.10 Å². The first kappa shape index (κ1) is 13.8. The summed E-state index contributed by atoms with van der Waals surface area (Å²) in [5, 5.41) is 7.83.